The van der Waals surface area contributed by atoms with E-state index in [0.29, 0.717) is 31.0 Å². The number of ether oxygens (including phenoxy) is 1. The molecule has 1 fully saturated rings. The Labute approximate surface area is 217 Å². The molecule has 11 nitrogen and oxygen atoms in total. The summed E-state index contributed by atoms with van der Waals surface area (Å²) >= 11 is 0. The number of aromatic nitrogens is 4. The minimum absolute atomic E-state index is 0.0143. The van der Waals surface area contributed by atoms with Gasteiger partial charge < -0.3 is 15.0 Å². The Morgan fingerprint density at radius 3 is 2.49 bits per heavy atom. The van der Waals surface area contributed by atoms with E-state index in [4.69, 9.17) is 4.74 Å². The molecular weight excluding hydrogens is 494 g/mol. The summed E-state index contributed by atoms with van der Waals surface area (Å²) in [5.41, 5.74) is 2.95. The minimum atomic E-state index is -3.95. The molecular formula is C25H33N7O4S. The maximum atomic E-state index is 13.0. The fraction of sp³-hybridized carbons (Fsp3) is 0.440. The van der Waals surface area contributed by atoms with Crippen LogP contribution in [0.3, 0.4) is 0 Å². The number of carbonyl (C=O) groups excluding carboxylic acids is 1. The molecule has 37 heavy (non-hydrogen) atoms. The Hall–Kier alpha value is -3.67. The highest BCUT2D eigenvalue weighted by Gasteiger charge is 2.28. The third kappa shape index (κ3) is 6.37. The third-order valence-electron chi connectivity index (χ3n) is 5.90. The number of benzene rings is 1. The number of hydrogen-bond donors (Lipinski definition) is 2. The first-order chi connectivity index (χ1) is 17.3. The van der Waals surface area contributed by atoms with Gasteiger partial charge in [-0.1, -0.05) is 18.2 Å². The maximum Gasteiger partial charge on any atom is 0.407 e. The Bertz CT molecular complexity index is 1390. The predicted molar refractivity (Wildman–Crippen MR) is 141 cm³/mol. The van der Waals surface area contributed by atoms with Gasteiger partial charge in [0.1, 0.15) is 16.3 Å². The molecule has 0 bridgehead atoms. The molecule has 1 aliphatic heterocycles. The average Bonchev–Trinajstić information content (AvgIpc) is 3.41. The zero-order valence-corrected chi connectivity index (χ0v) is 22.8. The summed E-state index contributed by atoms with van der Waals surface area (Å²) in [6.07, 6.45) is 2.90. The molecule has 0 aliphatic carbocycles. The van der Waals surface area contributed by atoms with E-state index < -0.39 is 21.7 Å². The first-order valence-corrected chi connectivity index (χ1v) is 13.5. The van der Waals surface area contributed by atoms with Crippen LogP contribution in [0.25, 0.3) is 11.3 Å². The van der Waals surface area contributed by atoms with E-state index in [-0.39, 0.29) is 16.9 Å². The molecule has 3 heterocycles. The Morgan fingerprint density at radius 2 is 1.86 bits per heavy atom. The van der Waals surface area contributed by atoms with Gasteiger partial charge in [-0.25, -0.2) is 22.9 Å². The smallest absolute Gasteiger partial charge is 0.407 e. The molecule has 1 atom stereocenters. The van der Waals surface area contributed by atoms with Crippen molar-refractivity contribution < 1.29 is 17.9 Å². The van der Waals surface area contributed by atoms with E-state index >= 15 is 0 Å². The molecule has 1 unspecified atom stereocenters. The molecule has 2 N–H and O–H groups in total. The lowest BCUT2D eigenvalue weighted by molar-refractivity contribution is 0.0509. The second-order valence-corrected chi connectivity index (χ2v) is 11.9. The number of nitrogens with zero attached hydrogens (tertiary/aromatic N) is 5. The van der Waals surface area contributed by atoms with Crippen LogP contribution in [-0.4, -0.2) is 59.0 Å². The summed E-state index contributed by atoms with van der Waals surface area (Å²) in [5, 5.41) is 6.86. The molecule has 0 radical (unpaired) electrons. The van der Waals surface area contributed by atoms with Crippen LogP contribution in [0, 0.1) is 13.8 Å². The fourth-order valence-electron chi connectivity index (χ4n) is 4.27. The lowest BCUT2D eigenvalue weighted by atomic mass is 10.00. The number of hydrogen-bond acceptors (Lipinski definition) is 8. The molecule has 2 aromatic heterocycles. The molecule has 12 heteroatoms. The minimum Gasteiger partial charge on any atom is -0.444 e. The van der Waals surface area contributed by atoms with Crippen molar-refractivity contribution in [1.29, 1.82) is 0 Å². The van der Waals surface area contributed by atoms with Crippen LogP contribution in [0.15, 0.2) is 41.6 Å². The number of anilines is 2. The summed E-state index contributed by atoms with van der Waals surface area (Å²) < 4.78 is 35.3. The number of amides is 1. The molecule has 4 rings (SSSR count). The van der Waals surface area contributed by atoms with Gasteiger partial charge in [-0.05, 0) is 52.2 Å². The van der Waals surface area contributed by atoms with E-state index in [1.807, 2.05) is 63.8 Å². The number of rotatable bonds is 6. The van der Waals surface area contributed by atoms with Gasteiger partial charge in [0.25, 0.3) is 10.0 Å². The van der Waals surface area contributed by atoms with E-state index in [0.717, 1.165) is 16.7 Å². The van der Waals surface area contributed by atoms with Crippen LogP contribution >= 0.6 is 0 Å². The van der Waals surface area contributed by atoms with Crippen LogP contribution in [-0.2, 0) is 21.8 Å². The van der Waals surface area contributed by atoms with Crippen molar-refractivity contribution in [2.24, 2.45) is 7.05 Å². The number of aryl methyl sites for hydroxylation is 3. The Morgan fingerprint density at radius 1 is 1.16 bits per heavy atom. The number of alkyl carbamates (subject to hydrolysis) is 1. The molecule has 1 amide bonds. The second-order valence-electron chi connectivity index (χ2n) is 10.2. The normalized spacial score (nSPS) is 16.1. The fourth-order valence-corrected chi connectivity index (χ4v) is 5.19. The van der Waals surface area contributed by atoms with Crippen molar-refractivity contribution in [3.63, 3.8) is 0 Å². The summed E-state index contributed by atoms with van der Waals surface area (Å²) in [7, 11) is -2.30. The zero-order valence-electron chi connectivity index (χ0n) is 21.9. The van der Waals surface area contributed by atoms with Crippen molar-refractivity contribution in [3.05, 3.63) is 47.8 Å². The van der Waals surface area contributed by atoms with Crippen molar-refractivity contribution >= 4 is 27.9 Å². The van der Waals surface area contributed by atoms with Crippen LogP contribution in [0.5, 0.6) is 0 Å². The summed E-state index contributed by atoms with van der Waals surface area (Å²) in [5.74, 6) is 0.521. The Kier molecular flexibility index (Phi) is 7.13. The van der Waals surface area contributed by atoms with Gasteiger partial charge in [-0.3, -0.25) is 4.68 Å². The summed E-state index contributed by atoms with van der Waals surface area (Å²) in [4.78, 5) is 23.4. The molecule has 1 saturated heterocycles. The molecule has 0 spiro atoms. The van der Waals surface area contributed by atoms with Gasteiger partial charge in [-0.15, -0.1) is 0 Å². The van der Waals surface area contributed by atoms with Crippen molar-refractivity contribution in [1.82, 2.24) is 25.1 Å². The van der Waals surface area contributed by atoms with E-state index in [1.165, 1.54) is 17.1 Å². The monoisotopic (exact) mass is 527 g/mol. The topological polar surface area (TPSA) is 131 Å². The molecule has 3 aromatic rings. The van der Waals surface area contributed by atoms with Gasteiger partial charge in [0, 0.05) is 38.0 Å². The van der Waals surface area contributed by atoms with Gasteiger partial charge in [0.05, 0.1) is 17.9 Å². The van der Waals surface area contributed by atoms with Crippen LogP contribution in [0.2, 0.25) is 0 Å². The SMILES string of the molecule is Cc1cccc(C)c1-c1cc(N2CCC(NC(=O)OC(C)(C)C)C2)nc(NS(=O)(=O)c2cnn(C)c2)n1. The van der Waals surface area contributed by atoms with Gasteiger partial charge in [0.2, 0.25) is 5.95 Å². The molecule has 1 aliphatic rings. The number of nitrogens with one attached hydrogen (secondary N) is 2. The van der Waals surface area contributed by atoms with E-state index in [2.05, 4.69) is 25.1 Å². The maximum absolute atomic E-state index is 13.0. The molecule has 1 aromatic carbocycles. The molecule has 198 valence electrons. The largest absolute Gasteiger partial charge is 0.444 e. The highest BCUT2D eigenvalue weighted by atomic mass is 32.2. The lowest BCUT2D eigenvalue weighted by Gasteiger charge is -2.22. The third-order valence-corrected chi connectivity index (χ3v) is 7.18. The zero-order chi connectivity index (χ0) is 27.0. The predicted octanol–water partition coefficient (Wildman–Crippen LogP) is 3.40. The average molecular weight is 528 g/mol. The van der Waals surface area contributed by atoms with Crippen LogP contribution < -0.4 is 14.9 Å². The van der Waals surface area contributed by atoms with E-state index in [9.17, 15) is 13.2 Å². The standard InChI is InChI=1S/C25H33N7O4S/c1-16-8-7-9-17(2)22(16)20-12-21(32-11-10-18(14-32)27-24(33)36-25(3,4)5)29-23(28-20)30-37(34,35)19-13-26-31(6)15-19/h7-9,12-13,15,18H,10-11,14H2,1-6H3,(H,27,33)(H,28,29,30). The highest BCUT2D eigenvalue weighted by molar-refractivity contribution is 7.92. The number of carbonyl (C=O) groups is 1. The Balaban J connectivity index is 1.66. The summed E-state index contributed by atoms with van der Waals surface area (Å²) in [6, 6.07) is 7.66. The first-order valence-electron chi connectivity index (χ1n) is 12.0. The first kappa shape index (κ1) is 26.4. The van der Waals surface area contributed by atoms with Crippen molar-refractivity contribution in [2.75, 3.05) is 22.7 Å². The van der Waals surface area contributed by atoms with Gasteiger partial charge in [0.15, 0.2) is 0 Å². The quantitative estimate of drug-likeness (QED) is 0.499. The molecule has 0 saturated carbocycles. The van der Waals surface area contributed by atoms with Crippen LogP contribution in [0.1, 0.15) is 38.3 Å². The lowest BCUT2D eigenvalue weighted by Crippen LogP contribution is -2.40. The van der Waals surface area contributed by atoms with Crippen LogP contribution in [0.4, 0.5) is 16.6 Å². The van der Waals surface area contributed by atoms with Gasteiger partial charge in [-0.2, -0.15) is 10.1 Å². The number of sulfonamides is 1. The van der Waals surface area contributed by atoms with Gasteiger partial charge >= 0.3 is 6.09 Å². The summed E-state index contributed by atoms with van der Waals surface area (Å²) in [6.45, 7) is 10.5. The van der Waals surface area contributed by atoms with Crippen molar-refractivity contribution in [3.8, 4) is 11.3 Å². The van der Waals surface area contributed by atoms with Crippen molar-refractivity contribution in [2.45, 2.75) is 57.6 Å². The van der Waals surface area contributed by atoms with E-state index in [1.54, 1.807) is 7.05 Å². The highest BCUT2D eigenvalue weighted by Crippen LogP contribution is 2.31. The second kappa shape index (κ2) is 10.0.